The van der Waals surface area contributed by atoms with Crippen molar-refractivity contribution in [3.8, 4) is 0 Å². The number of carbonyl (C=O) groups is 1. The zero-order chi connectivity index (χ0) is 20.1. The lowest BCUT2D eigenvalue weighted by molar-refractivity contribution is 0.100. The molecule has 0 N–H and O–H groups in total. The molecule has 146 valence electrons. The molecule has 0 radical (unpaired) electrons. The van der Waals surface area contributed by atoms with Crippen LogP contribution in [-0.4, -0.2) is 42.3 Å². The molecule has 5 nitrogen and oxygen atoms in total. The first kappa shape index (κ1) is 19.2. The maximum atomic E-state index is 12.8. The molecule has 0 aromatic heterocycles. The first-order chi connectivity index (χ1) is 13.2. The number of rotatable bonds is 2. The van der Waals surface area contributed by atoms with Gasteiger partial charge in [0.15, 0.2) is 15.0 Å². The van der Waals surface area contributed by atoms with Crippen LogP contribution in [0.2, 0.25) is 0 Å². The Kier molecular flexibility index (Phi) is 4.83. The van der Waals surface area contributed by atoms with Crippen LogP contribution in [0.25, 0.3) is 0 Å². The third-order valence-corrected chi connectivity index (χ3v) is 8.51. The number of benzene rings is 2. The number of hydrogen-bond donors (Lipinski definition) is 0. The number of amides is 1. The van der Waals surface area contributed by atoms with Gasteiger partial charge in [0.1, 0.15) is 0 Å². The van der Waals surface area contributed by atoms with Crippen LogP contribution in [0, 0.1) is 20.8 Å². The van der Waals surface area contributed by atoms with Gasteiger partial charge in [0.05, 0.1) is 17.5 Å². The molecule has 0 bridgehead atoms. The molecule has 28 heavy (non-hydrogen) atoms. The zero-order valence-electron chi connectivity index (χ0n) is 16.0. The molecule has 0 unspecified atom stereocenters. The Balaban J connectivity index is 1.75. The van der Waals surface area contributed by atoms with Crippen LogP contribution in [-0.2, 0) is 9.84 Å². The molecule has 2 saturated heterocycles. The highest BCUT2D eigenvalue weighted by Gasteiger charge is 2.49. The van der Waals surface area contributed by atoms with Gasteiger partial charge in [0.2, 0.25) is 0 Å². The topological polar surface area (TPSA) is 66.8 Å². The number of aliphatic imine (C=N–C) groups is 1. The second-order valence-electron chi connectivity index (χ2n) is 7.51. The van der Waals surface area contributed by atoms with Gasteiger partial charge in [-0.05, 0) is 56.2 Å². The van der Waals surface area contributed by atoms with Crippen molar-refractivity contribution in [2.75, 3.05) is 16.4 Å². The van der Waals surface area contributed by atoms with E-state index >= 15 is 0 Å². The van der Waals surface area contributed by atoms with E-state index in [-0.39, 0.29) is 28.7 Å². The highest BCUT2D eigenvalue weighted by molar-refractivity contribution is 8.16. The van der Waals surface area contributed by atoms with Gasteiger partial charge in [0, 0.05) is 16.5 Å². The van der Waals surface area contributed by atoms with Crippen LogP contribution in [0.5, 0.6) is 0 Å². The maximum Gasteiger partial charge on any atom is 0.279 e. The van der Waals surface area contributed by atoms with Crippen molar-refractivity contribution in [2.24, 2.45) is 4.99 Å². The third-order valence-electron chi connectivity index (χ3n) is 5.30. The van der Waals surface area contributed by atoms with Crippen LogP contribution in [0.15, 0.2) is 47.5 Å². The minimum atomic E-state index is -3.08. The number of fused-ring (bicyclic) bond motifs is 1. The quantitative estimate of drug-likeness (QED) is 0.752. The Morgan fingerprint density at radius 3 is 2.57 bits per heavy atom. The molecular weight excluding hydrogens is 392 g/mol. The molecule has 2 atom stereocenters. The van der Waals surface area contributed by atoms with Crippen molar-refractivity contribution in [3.05, 3.63) is 64.7 Å². The number of hydrogen-bond acceptors (Lipinski definition) is 4. The second-order valence-corrected chi connectivity index (χ2v) is 10.9. The van der Waals surface area contributed by atoms with Crippen molar-refractivity contribution in [1.82, 2.24) is 0 Å². The SMILES string of the molecule is Cc1cccc(C(=O)N=C2S[C@H]3CS(=O)(=O)C[C@@H]3N2c2ccc(C)c(C)c2)c1. The van der Waals surface area contributed by atoms with Crippen molar-refractivity contribution < 1.29 is 13.2 Å². The molecule has 1 amide bonds. The molecule has 2 aromatic rings. The smallest absolute Gasteiger partial charge is 0.279 e. The van der Waals surface area contributed by atoms with Gasteiger partial charge in [0.25, 0.3) is 5.91 Å². The second kappa shape index (κ2) is 7.04. The Labute approximate surface area is 169 Å². The minimum Gasteiger partial charge on any atom is -0.316 e. The number of aryl methyl sites for hydroxylation is 3. The van der Waals surface area contributed by atoms with Crippen molar-refractivity contribution in [2.45, 2.75) is 32.1 Å². The lowest BCUT2D eigenvalue weighted by atomic mass is 10.1. The summed E-state index contributed by atoms with van der Waals surface area (Å²) in [4.78, 5) is 19.1. The van der Waals surface area contributed by atoms with Gasteiger partial charge >= 0.3 is 0 Å². The Bertz CT molecular complexity index is 1090. The van der Waals surface area contributed by atoms with Gasteiger partial charge < -0.3 is 4.90 Å². The summed E-state index contributed by atoms with van der Waals surface area (Å²) in [6.07, 6.45) is 0. The molecule has 7 heteroatoms. The van der Waals surface area contributed by atoms with E-state index in [1.165, 1.54) is 17.3 Å². The average molecular weight is 415 g/mol. The van der Waals surface area contributed by atoms with E-state index in [0.29, 0.717) is 10.7 Å². The Morgan fingerprint density at radius 1 is 1.07 bits per heavy atom. The van der Waals surface area contributed by atoms with E-state index in [9.17, 15) is 13.2 Å². The van der Waals surface area contributed by atoms with E-state index in [2.05, 4.69) is 4.99 Å². The first-order valence-corrected chi connectivity index (χ1v) is 11.9. The summed E-state index contributed by atoms with van der Waals surface area (Å²) in [7, 11) is -3.08. The summed E-state index contributed by atoms with van der Waals surface area (Å²) >= 11 is 1.40. The molecule has 0 spiro atoms. The summed E-state index contributed by atoms with van der Waals surface area (Å²) in [5.74, 6) is -0.0841. The van der Waals surface area contributed by atoms with Crippen LogP contribution >= 0.6 is 11.8 Å². The van der Waals surface area contributed by atoms with Gasteiger partial charge in [-0.15, -0.1) is 0 Å². The average Bonchev–Trinajstić information content (AvgIpc) is 3.08. The van der Waals surface area contributed by atoms with Gasteiger partial charge in [-0.3, -0.25) is 4.79 Å². The Hall–Kier alpha value is -2.12. The van der Waals surface area contributed by atoms with Gasteiger partial charge in [-0.25, -0.2) is 8.42 Å². The van der Waals surface area contributed by atoms with Crippen LogP contribution in [0.3, 0.4) is 0 Å². The minimum absolute atomic E-state index is 0.0925. The molecule has 4 rings (SSSR count). The molecule has 2 aliphatic heterocycles. The van der Waals surface area contributed by atoms with E-state index in [1.54, 1.807) is 6.07 Å². The fourth-order valence-corrected chi connectivity index (χ4v) is 7.58. The molecule has 2 fully saturated rings. The van der Waals surface area contributed by atoms with E-state index < -0.39 is 9.84 Å². The summed E-state index contributed by atoms with van der Waals surface area (Å²) < 4.78 is 24.4. The van der Waals surface area contributed by atoms with Crippen LogP contribution in [0.1, 0.15) is 27.0 Å². The molecule has 0 aliphatic carbocycles. The number of anilines is 1. The highest BCUT2D eigenvalue weighted by atomic mass is 32.2. The first-order valence-electron chi connectivity index (χ1n) is 9.17. The number of sulfone groups is 1. The van der Waals surface area contributed by atoms with Crippen molar-refractivity contribution >= 4 is 38.4 Å². The normalized spacial score (nSPS) is 24.5. The lowest BCUT2D eigenvalue weighted by Crippen LogP contribution is -2.37. The molecular formula is C21H22N2O3S2. The largest absolute Gasteiger partial charge is 0.316 e. The highest BCUT2D eigenvalue weighted by Crippen LogP contribution is 2.41. The number of thioether (sulfide) groups is 1. The Morgan fingerprint density at radius 2 is 1.86 bits per heavy atom. The van der Waals surface area contributed by atoms with Crippen LogP contribution < -0.4 is 4.90 Å². The number of nitrogens with zero attached hydrogens (tertiary/aromatic N) is 2. The standard InChI is InChI=1S/C21H22N2O3S2/c1-13-5-4-6-16(9-13)20(24)22-21-23(17-8-7-14(2)15(3)10-17)18-11-28(25,26)12-19(18)27-21/h4-10,18-19H,11-12H2,1-3H3/t18-,19-/m0/s1. The number of amidine groups is 1. The predicted octanol–water partition coefficient (Wildman–Crippen LogP) is 3.53. The van der Waals surface area contributed by atoms with Gasteiger partial charge in [-0.1, -0.05) is 35.5 Å². The molecule has 2 aliphatic rings. The molecule has 2 heterocycles. The van der Waals surface area contributed by atoms with E-state index in [4.69, 9.17) is 0 Å². The summed E-state index contributed by atoms with van der Waals surface area (Å²) in [5, 5.41) is 0.482. The summed E-state index contributed by atoms with van der Waals surface area (Å²) in [5.41, 5.74) is 4.71. The monoisotopic (exact) mass is 414 g/mol. The summed E-state index contributed by atoms with van der Waals surface area (Å²) in [6.45, 7) is 6.00. The molecule has 0 saturated carbocycles. The maximum absolute atomic E-state index is 12.8. The lowest BCUT2D eigenvalue weighted by Gasteiger charge is -2.25. The number of carbonyl (C=O) groups excluding carboxylic acids is 1. The van der Waals surface area contributed by atoms with Crippen molar-refractivity contribution in [1.29, 1.82) is 0 Å². The summed E-state index contributed by atoms with van der Waals surface area (Å²) in [6, 6.07) is 13.2. The van der Waals surface area contributed by atoms with E-state index in [1.807, 2.05) is 62.1 Å². The molecule has 2 aromatic carbocycles. The van der Waals surface area contributed by atoms with Crippen LogP contribution in [0.4, 0.5) is 5.69 Å². The fraction of sp³-hybridized carbons (Fsp3) is 0.333. The fourth-order valence-electron chi connectivity index (χ4n) is 3.67. The van der Waals surface area contributed by atoms with Crippen molar-refractivity contribution in [3.63, 3.8) is 0 Å². The van der Waals surface area contributed by atoms with Gasteiger partial charge in [-0.2, -0.15) is 4.99 Å². The van der Waals surface area contributed by atoms with E-state index in [0.717, 1.165) is 16.8 Å². The zero-order valence-corrected chi connectivity index (χ0v) is 17.7. The predicted molar refractivity (Wildman–Crippen MR) is 115 cm³/mol. The third kappa shape index (κ3) is 3.61.